The highest BCUT2D eigenvalue weighted by Crippen LogP contribution is 2.59. The molecule has 0 radical (unpaired) electrons. The Bertz CT molecular complexity index is 667. The molecule has 5 nitrogen and oxygen atoms in total. The fourth-order valence-corrected chi connectivity index (χ4v) is 5.83. The minimum Gasteiger partial charge on any atom is -0.482 e. The molecule has 1 amide bonds. The Kier molecular flexibility index (Phi) is 5.31. The zero-order valence-electron chi connectivity index (χ0n) is 15.4. The maximum absolute atomic E-state index is 12.1. The van der Waals surface area contributed by atoms with Crippen LogP contribution in [0.2, 0.25) is 5.02 Å². The number of ether oxygens (including phenoxy) is 2. The molecule has 6 heteroatoms. The summed E-state index contributed by atoms with van der Waals surface area (Å²) in [5.74, 6) is 2.31. The number of carbonyl (C=O) groups excluding carboxylic acids is 2. The normalized spacial score (nSPS) is 30.8. The topological polar surface area (TPSA) is 64.6 Å². The molecule has 0 unspecified atom stereocenters. The SMILES string of the molecule is O=C(COC(=O)COc1ccc(Cl)cc1)NCC12CC3CC(CC(C3)C1)C2. The van der Waals surface area contributed by atoms with E-state index in [0.717, 1.165) is 17.8 Å². The first-order valence-corrected chi connectivity index (χ1v) is 10.2. The Morgan fingerprint density at radius 2 is 1.59 bits per heavy atom. The summed E-state index contributed by atoms with van der Waals surface area (Å²) in [5.41, 5.74) is 0.284. The number of hydrogen-bond donors (Lipinski definition) is 1. The third-order valence-corrected chi connectivity index (χ3v) is 6.61. The summed E-state index contributed by atoms with van der Waals surface area (Å²) in [4.78, 5) is 23.9. The largest absolute Gasteiger partial charge is 0.482 e. The van der Waals surface area contributed by atoms with Crippen LogP contribution in [0.25, 0.3) is 0 Å². The molecule has 4 aliphatic carbocycles. The van der Waals surface area contributed by atoms with Crippen LogP contribution < -0.4 is 10.1 Å². The first-order valence-electron chi connectivity index (χ1n) is 9.80. The summed E-state index contributed by atoms with van der Waals surface area (Å²) in [6.45, 7) is 0.229. The molecule has 0 aliphatic heterocycles. The molecule has 4 aliphatic rings. The number of carbonyl (C=O) groups is 2. The van der Waals surface area contributed by atoms with E-state index in [1.807, 2.05) is 0 Å². The van der Waals surface area contributed by atoms with E-state index < -0.39 is 5.97 Å². The number of nitrogens with one attached hydrogen (secondary N) is 1. The molecule has 0 atom stereocenters. The molecule has 1 aromatic rings. The van der Waals surface area contributed by atoms with Crippen molar-refractivity contribution in [1.29, 1.82) is 0 Å². The first kappa shape index (κ1) is 18.6. The first-order chi connectivity index (χ1) is 13.0. The molecule has 0 saturated heterocycles. The smallest absolute Gasteiger partial charge is 0.344 e. The van der Waals surface area contributed by atoms with Gasteiger partial charge in [-0.1, -0.05) is 11.6 Å². The van der Waals surface area contributed by atoms with Gasteiger partial charge >= 0.3 is 5.97 Å². The molecule has 5 rings (SSSR count). The van der Waals surface area contributed by atoms with Gasteiger partial charge in [-0.3, -0.25) is 4.79 Å². The van der Waals surface area contributed by atoms with E-state index >= 15 is 0 Å². The molecular formula is C21H26ClNO4. The number of benzene rings is 1. The summed E-state index contributed by atoms with van der Waals surface area (Å²) >= 11 is 5.80. The van der Waals surface area contributed by atoms with Gasteiger partial charge in [0, 0.05) is 11.6 Å². The van der Waals surface area contributed by atoms with Crippen molar-refractivity contribution in [1.82, 2.24) is 5.32 Å². The van der Waals surface area contributed by atoms with E-state index in [4.69, 9.17) is 21.1 Å². The average molecular weight is 392 g/mol. The van der Waals surface area contributed by atoms with Gasteiger partial charge in [-0.15, -0.1) is 0 Å². The summed E-state index contributed by atoms with van der Waals surface area (Å²) in [6.07, 6.45) is 7.89. The highest BCUT2D eigenvalue weighted by atomic mass is 35.5. The molecular weight excluding hydrogens is 366 g/mol. The van der Waals surface area contributed by atoms with Gasteiger partial charge in [0.15, 0.2) is 13.2 Å². The Hall–Kier alpha value is -1.75. The molecule has 0 spiro atoms. The molecule has 4 saturated carbocycles. The minimum atomic E-state index is -0.560. The Labute approximate surface area is 164 Å². The van der Waals surface area contributed by atoms with Gasteiger partial charge in [-0.2, -0.15) is 0 Å². The Morgan fingerprint density at radius 3 is 2.19 bits per heavy atom. The highest BCUT2D eigenvalue weighted by molar-refractivity contribution is 6.30. The molecule has 1 N–H and O–H groups in total. The van der Waals surface area contributed by atoms with Crippen molar-refractivity contribution in [3.63, 3.8) is 0 Å². The lowest BCUT2D eigenvalue weighted by Gasteiger charge is -2.56. The maximum Gasteiger partial charge on any atom is 0.344 e. The van der Waals surface area contributed by atoms with Crippen LogP contribution >= 0.6 is 11.6 Å². The van der Waals surface area contributed by atoms with Crippen LogP contribution in [0, 0.1) is 23.2 Å². The van der Waals surface area contributed by atoms with Crippen LogP contribution in [0.15, 0.2) is 24.3 Å². The lowest BCUT2D eigenvalue weighted by molar-refractivity contribution is -0.150. The van der Waals surface area contributed by atoms with Crippen molar-refractivity contribution in [2.45, 2.75) is 38.5 Å². The van der Waals surface area contributed by atoms with Gasteiger partial charge < -0.3 is 14.8 Å². The van der Waals surface area contributed by atoms with Crippen LogP contribution in [-0.2, 0) is 14.3 Å². The maximum atomic E-state index is 12.1. The highest BCUT2D eigenvalue weighted by Gasteiger charge is 2.50. The van der Waals surface area contributed by atoms with Gasteiger partial charge in [0.1, 0.15) is 5.75 Å². The van der Waals surface area contributed by atoms with Crippen molar-refractivity contribution in [2.24, 2.45) is 23.2 Å². The molecule has 4 bridgehead atoms. The Morgan fingerprint density at radius 1 is 1.00 bits per heavy atom. The van der Waals surface area contributed by atoms with E-state index in [9.17, 15) is 9.59 Å². The predicted molar refractivity (Wildman–Crippen MR) is 102 cm³/mol. The molecule has 0 heterocycles. The third-order valence-electron chi connectivity index (χ3n) is 6.36. The van der Waals surface area contributed by atoms with Crippen LogP contribution in [0.1, 0.15) is 38.5 Å². The van der Waals surface area contributed by atoms with E-state index in [2.05, 4.69) is 5.32 Å². The number of rotatable bonds is 7. The predicted octanol–water partition coefficient (Wildman–Crippen LogP) is 3.59. The summed E-state index contributed by atoms with van der Waals surface area (Å²) in [6, 6.07) is 6.71. The lowest BCUT2D eigenvalue weighted by Crippen LogP contribution is -2.51. The number of amides is 1. The third kappa shape index (κ3) is 4.57. The van der Waals surface area contributed by atoms with E-state index in [1.165, 1.54) is 38.5 Å². The minimum absolute atomic E-state index is 0.231. The van der Waals surface area contributed by atoms with Crippen LogP contribution in [0.3, 0.4) is 0 Å². The fraction of sp³-hybridized carbons (Fsp3) is 0.619. The van der Waals surface area contributed by atoms with E-state index in [-0.39, 0.29) is 24.5 Å². The van der Waals surface area contributed by atoms with Gasteiger partial charge in [0.2, 0.25) is 0 Å². The average Bonchev–Trinajstić information content (AvgIpc) is 2.63. The van der Waals surface area contributed by atoms with Crippen molar-refractivity contribution in [2.75, 3.05) is 19.8 Å². The van der Waals surface area contributed by atoms with Gasteiger partial charge in [-0.05, 0) is 86.0 Å². The van der Waals surface area contributed by atoms with Crippen LogP contribution in [0.5, 0.6) is 5.75 Å². The van der Waals surface area contributed by atoms with Crippen molar-refractivity contribution >= 4 is 23.5 Å². The van der Waals surface area contributed by atoms with Gasteiger partial charge in [0.05, 0.1) is 0 Å². The van der Waals surface area contributed by atoms with Crippen LogP contribution in [0.4, 0.5) is 0 Å². The monoisotopic (exact) mass is 391 g/mol. The standard InChI is InChI=1S/C21H26ClNO4/c22-17-1-3-18(4-2-17)26-12-20(25)27-11-19(24)23-13-21-8-14-5-15(9-21)7-16(6-14)10-21/h1-4,14-16H,5-13H2,(H,23,24). The molecule has 27 heavy (non-hydrogen) atoms. The van der Waals surface area contributed by atoms with Crippen LogP contribution in [-0.4, -0.2) is 31.6 Å². The zero-order chi connectivity index (χ0) is 18.9. The molecule has 4 fully saturated rings. The second-order valence-corrected chi connectivity index (χ2v) is 9.03. The molecule has 1 aromatic carbocycles. The number of esters is 1. The van der Waals surface area contributed by atoms with E-state index in [1.54, 1.807) is 24.3 Å². The summed E-state index contributed by atoms with van der Waals surface area (Å²) in [7, 11) is 0. The molecule has 0 aromatic heterocycles. The quantitative estimate of drug-likeness (QED) is 0.721. The fourth-order valence-electron chi connectivity index (χ4n) is 5.70. The van der Waals surface area contributed by atoms with Crippen molar-refractivity contribution < 1.29 is 19.1 Å². The number of hydrogen-bond acceptors (Lipinski definition) is 4. The van der Waals surface area contributed by atoms with Gasteiger partial charge in [0.25, 0.3) is 5.91 Å². The van der Waals surface area contributed by atoms with Gasteiger partial charge in [-0.25, -0.2) is 4.79 Å². The lowest BCUT2D eigenvalue weighted by atomic mass is 9.49. The molecule has 146 valence electrons. The second-order valence-electron chi connectivity index (χ2n) is 8.60. The second kappa shape index (κ2) is 7.70. The van der Waals surface area contributed by atoms with Crippen molar-refractivity contribution in [3.05, 3.63) is 29.3 Å². The Balaban J connectivity index is 1.17. The van der Waals surface area contributed by atoms with Crippen molar-refractivity contribution in [3.8, 4) is 5.75 Å². The number of halogens is 1. The summed E-state index contributed by atoms with van der Waals surface area (Å²) < 4.78 is 10.3. The summed E-state index contributed by atoms with van der Waals surface area (Å²) in [5, 5.41) is 3.60. The van der Waals surface area contributed by atoms with E-state index in [0.29, 0.717) is 17.3 Å². The zero-order valence-corrected chi connectivity index (χ0v) is 16.2.